The van der Waals surface area contributed by atoms with E-state index < -0.39 is 0 Å². The molecule has 0 amide bonds. The first-order chi connectivity index (χ1) is 9.38. The van der Waals surface area contributed by atoms with E-state index in [9.17, 15) is 0 Å². The van der Waals surface area contributed by atoms with Crippen LogP contribution >= 0.6 is 0 Å². The topological polar surface area (TPSA) is 71.3 Å². The highest BCUT2D eigenvalue weighted by atomic mass is 16.4. The van der Waals surface area contributed by atoms with Crippen LogP contribution in [0.3, 0.4) is 0 Å². The highest BCUT2D eigenvalue weighted by Gasteiger charge is 1.92. The molecule has 1 N–H and O–H groups in total. The number of aryl methyl sites for hydroxylation is 1. The molecule has 2 aromatic rings. The molecule has 2 rings (SSSR count). The van der Waals surface area contributed by atoms with Gasteiger partial charge in [-0.15, -0.1) is 10.2 Å². The minimum absolute atomic E-state index is 0.489. The molecule has 0 radical (unpaired) electrons. The maximum absolute atomic E-state index is 8.34. The quantitative estimate of drug-likeness (QED) is 0.390. The lowest BCUT2D eigenvalue weighted by Gasteiger charge is -1.94. The van der Waals surface area contributed by atoms with Gasteiger partial charge >= 0.3 is 0 Å². The molecular formula is C14H12N4O. The summed E-state index contributed by atoms with van der Waals surface area (Å²) >= 11 is 0. The zero-order valence-corrected chi connectivity index (χ0v) is 10.2. The molecule has 0 aliphatic carbocycles. The van der Waals surface area contributed by atoms with E-state index in [4.69, 9.17) is 5.21 Å². The monoisotopic (exact) mass is 252 g/mol. The Balaban J connectivity index is 1.89. The second-order valence-corrected chi connectivity index (χ2v) is 3.75. The summed E-state index contributed by atoms with van der Waals surface area (Å²) in [4.78, 5) is 4.05. The van der Waals surface area contributed by atoms with Crippen molar-refractivity contribution in [3.63, 3.8) is 0 Å². The molecule has 2 heterocycles. The molecule has 5 heteroatoms. The predicted octanol–water partition coefficient (Wildman–Crippen LogP) is 1.66. The van der Waals surface area contributed by atoms with Crippen molar-refractivity contribution in [2.75, 3.05) is 0 Å². The predicted molar refractivity (Wildman–Crippen MR) is 70.8 cm³/mol. The van der Waals surface area contributed by atoms with Crippen LogP contribution in [0.15, 0.2) is 41.8 Å². The van der Waals surface area contributed by atoms with Gasteiger partial charge < -0.3 is 5.21 Å². The first-order valence-electron chi connectivity index (χ1n) is 5.77. The molecule has 0 unspecified atom stereocenters. The third-order valence-corrected chi connectivity index (χ3v) is 2.35. The first-order valence-corrected chi connectivity index (χ1v) is 5.77. The Kier molecular flexibility index (Phi) is 4.59. The average Bonchev–Trinajstić information content (AvgIpc) is 2.47. The third-order valence-electron chi connectivity index (χ3n) is 2.35. The van der Waals surface area contributed by atoms with E-state index in [-0.39, 0.29) is 0 Å². The Morgan fingerprint density at radius 2 is 2.21 bits per heavy atom. The summed E-state index contributed by atoms with van der Waals surface area (Å²) in [6.07, 6.45) is 6.41. The molecule has 0 saturated carbocycles. The molecule has 0 saturated heterocycles. The van der Waals surface area contributed by atoms with Crippen molar-refractivity contribution < 1.29 is 5.21 Å². The Bertz CT molecular complexity index is 597. The second-order valence-electron chi connectivity index (χ2n) is 3.75. The summed E-state index contributed by atoms with van der Waals surface area (Å²) < 4.78 is 0. The fraction of sp³-hybridized carbons (Fsp3) is 0.143. The summed E-state index contributed by atoms with van der Waals surface area (Å²) in [5, 5.41) is 19.0. The van der Waals surface area contributed by atoms with Gasteiger partial charge in [0.15, 0.2) is 0 Å². The van der Waals surface area contributed by atoms with Gasteiger partial charge in [0.1, 0.15) is 11.4 Å². The van der Waals surface area contributed by atoms with Crippen LogP contribution in [0.25, 0.3) is 0 Å². The van der Waals surface area contributed by atoms with Crippen molar-refractivity contribution in [3.8, 4) is 11.8 Å². The van der Waals surface area contributed by atoms with E-state index in [1.165, 1.54) is 6.21 Å². The number of hydrogen-bond donors (Lipinski definition) is 1. The van der Waals surface area contributed by atoms with Gasteiger partial charge in [0.25, 0.3) is 0 Å². The molecule has 0 atom stereocenters. The van der Waals surface area contributed by atoms with E-state index in [0.29, 0.717) is 11.4 Å². The van der Waals surface area contributed by atoms with Gasteiger partial charge in [-0.25, -0.2) is 0 Å². The molecule has 19 heavy (non-hydrogen) atoms. The summed E-state index contributed by atoms with van der Waals surface area (Å²) in [6, 6.07) is 7.37. The average molecular weight is 252 g/mol. The van der Waals surface area contributed by atoms with Gasteiger partial charge in [-0.1, -0.05) is 17.1 Å². The molecule has 0 spiro atoms. The van der Waals surface area contributed by atoms with Gasteiger partial charge in [0.05, 0.1) is 6.21 Å². The molecular weight excluding hydrogens is 240 g/mol. The zero-order valence-electron chi connectivity index (χ0n) is 10.2. The maximum Gasteiger partial charge on any atom is 0.135 e. The second kappa shape index (κ2) is 6.87. The third kappa shape index (κ3) is 4.21. The summed E-state index contributed by atoms with van der Waals surface area (Å²) in [5.74, 6) is 5.97. The van der Waals surface area contributed by atoms with Crippen LogP contribution in [-0.4, -0.2) is 26.6 Å². The lowest BCUT2D eigenvalue weighted by atomic mass is 10.1. The standard InChI is InChI=1S/C14H12N4O/c19-16-11-14-8-7-13(17-18-14)6-2-1-4-12-5-3-9-15-10-12/h3,5,7-11,19H,1,4H2/b16-11+. The van der Waals surface area contributed by atoms with Gasteiger partial charge in [-0.05, 0) is 36.1 Å². The first kappa shape index (κ1) is 12.7. The summed E-state index contributed by atoms with van der Waals surface area (Å²) in [5.41, 5.74) is 2.25. The Morgan fingerprint density at radius 3 is 2.89 bits per heavy atom. The largest absolute Gasteiger partial charge is 0.411 e. The van der Waals surface area contributed by atoms with E-state index in [1.807, 2.05) is 18.3 Å². The smallest absolute Gasteiger partial charge is 0.135 e. The van der Waals surface area contributed by atoms with Crippen LogP contribution in [0.5, 0.6) is 0 Å². The molecule has 2 aromatic heterocycles. The van der Waals surface area contributed by atoms with Gasteiger partial charge in [-0.2, -0.15) is 0 Å². The van der Waals surface area contributed by atoms with Crippen molar-refractivity contribution in [1.29, 1.82) is 0 Å². The van der Waals surface area contributed by atoms with Crippen LogP contribution in [0.2, 0.25) is 0 Å². The highest BCUT2D eigenvalue weighted by Crippen LogP contribution is 1.99. The zero-order chi connectivity index (χ0) is 13.3. The van der Waals surface area contributed by atoms with Crippen molar-refractivity contribution in [3.05, 3.63) is 53.6 Å². The molecule has 5 nitrogen and oxygen atoms in total. The van der Waals surface area contributed by atoms with Crippen LogP contribution in [-0.2, 0) is 6.42 Å². The lowest BCUT2D eigenvalue weighted by Crippen LogP contribution is -1.93. The number of rotatable bonds is 3. The van der Waals surface area contributed by atoms with E-state index >= 15 is 0 Å². The Hall–Kier alpha value is -2.74. The van der Waals surface area contributed by atoms with Crippen molar-refractivity contribution in [2.45, 2.75) is 12.8 Å². The number of oxime groups is 1. The van der Waals surface area contributed by atoms with Gasteiger partial charge in [0.2, 0.25) is 0 Å². The number of pyridine rings is 1. The van der Waals surface area contributed by atoms with E-state index in [2.05, 4.69) is 32.2 Å². The van der Waals surface area contributed by atoms with E-state index in [0.717, 1.165) is 18.4 Å². The van der Waals surface area contributed by atoms with Gasteiger partial charge in [0, 0.05) is 18.8 Å². The number of hydrogen-bond acceptors (Lipinski definition) is 5. The fourth-order valence-electron chi connectivity index (χ4n) is 1.44. The van der Waals surface area contributed by atoms with Crippen molar-refractivity contribution in [2.24, 2.45) is 5.16 Å². The van der Waals surface area contributed by atoms with Gasteiger partial charge in [-0.3, -0.25) is 4.98 Å². The van der Waals surface area contributed by atoms with Crippen LogP contribution < -0.4 is 0 Å². The molecule has 0 fully saturated rings. The Morgan fingerprint density at radius 1 is 1.26 bits per heavy atom. The maximum atomic E-state index is 8.34. The summed E-state index contributed by atoms with van der Waals surface area (Å²) in [7, 11) is 0. The van der Waals surface area contributed by atoms with Crippen LogP contribution in [0, 0.1) is 11.8 Å². The van der Waals surface area contributed by atoms with Crippen LogP contribution in [0.1, 0.15) is 23.4 Å². The molecule has 0 aromatic carbocycles. The fourth-order valence-corrected chi connectivity index (χ4v) is 1.44. The summed E-state index contributed by atoms with van der Waals surface area (Å²) in [6.45, 7) is 0. The molecule has 0 aliphatic heterocycles. The minimum Gasteiger partial charge on any atom is -0.411 e. The molecule has 0 bridgehead atoms. The van der Waals surface area contributed by atoms with Crippen molar-refractivity contribution >= 4 is 6.21 Å². The number of nitrogens with zero attached hydrogens (tertiary/aromatic N) is 4. The SMILES string of the molecule is O/N=C/c1ccc(C#CCCc2cccnc2)nn1. The molecule has 94 valence electrons. The number of aromatic nitrogens is 3. The normalized spacial score (nSPS) is 10.1. The highest BCUT2D eigenvalue weighted by molar-refractivity contribution is 5.75. The Labute approximate surface area is 111 Å². The lowest BCUT2D eigenvalue weighted by molar-refractivity contribution is 0.321. The van der Waals surface area contributed by atoms with Crippen LogP contribution in [0.4, 0.5) is 0 Å². The molecule has 0 aliphatic rings. The van der Waals surface area contributed by atoms with E-state index in [1.54, 1.807) is 18.3 Å². The van der Waals surface area contributed by atoms with Crippen molar-refractivity contribution in [1.82, 2.24) is 15.2 Å². The minimum atomic E-state index is 0.489.